The molecule has 2 amide bonds. The van der Waals surface area contributed by atoms with E-state index in [0.29, 0.717) is 51.6 Å². The molecule has 2 N–H and O–H groups in total. The predicted molar refractivity (Wildman–Crippen MR) is 137 cm³/mol. The number of carbonyl (C=O) groups excluding carboxylic acids is 6. The number of nitrogens with one attached hydrogen (secondary N) is 2. The number of ether oxygens (including phenoxy) is 4. The monoisotopic (exact) mass is 544 g/mol. The molecule has 0 aliphatic heterocycles. The first-order chi connectivity index (χ1) is 17.6. The highest BCUT2D eigenvalue weighted by Gasteiger charge is 2.17. The van der Waals surface area contributed by atoms with Crippen molar-refractivity contribution in [1.29, 1.82) is 0 Å². The lowest BCUT2D eigenvalue weighted by Crippen LogP contribution is -2.33. The highest BCUT2D eigenvalue weighted by molar-refractivity contribution is 5.89. The van der Waals surface area contributed by atoms with Crippen molar-refractivity contribution >= 4 is 36.1 Å². The van der Waals surface area contributed by atoms with Crippen molar-refractivity contribution in [2.24, 2.45) is 0 Å². The number of hydrogen-bond acceptors (Lipinski definition) is 10. The second kappa shape index (κ2) is 18.1. The minimum atomic E-state index is -0.872. The summed E-state index contributed by atoms with van der Waals surface area (Å²) in [5.41, 5.74) is -1.14. The van der Waals surface area contributed by atoms with Gasteiger partial charge in [-0.1, -0.05) is 12.8 Å². The van der Waals surface area contributed by atoms with Gasteiger partial charge in [0.05, 0.1) is 12.8 Å². The van der Waals surface area contributed by atoms with Gasteiger partial charge in [0.25, 0.3) is 0 Å². The molecular formula is C26H44N2O10. The minimum Gasteiger partial charge on any atom is -0.444 e. The Morgan fingerprint density at radius 2 is 0.789 bits per heavy atom. The summed E-state index contributed by atoms with van der Waals surface area (Å²) < 4.78 is 19.5. The Kier molecular flexibility index (Phi) is 16.6. The largest absolute Gasteiger partial charge is 0.444 e. The van der Waals surface area contributed by atoms with Crippen molar-refractivity contribution in [3.8, 4) is 0 Å². The van der Waals surface area contributed by atoms with Gasteiger partial charge in [0, 0.05) is 25.9 Å². The molecule has 0 bridgehead atoms. The quantitative estimate of drug-likeness (QED) is 0.133. The fourth-order valence-electron chi connectivity index (χ4n) is 2.81. The molecular weight excluding hydrogens is 500 g/mol. The van der Waals surface area contributed by atoms with Crippen molar-refractivity contribution in [2.75, 3.05) is 13.1 Å². The van der Waals surface area contributed by atoms with E-state index in [1.54, 1.807) is 41.5 Å². The van der Waals surface area contributed by atoms with Crippen LogP contribution in [-0.2, 0) is 38.1 Å². The number of esters is 4. The molecule has 218 valence electrons. The van der Waals surface area contributed by atoms with Gasteiger partial charge < -0.3 is 29.6 Å². The van der Waals surface area contributed by atoms with Gasteiger partial charge in [0.1, 0.15) is 11.2 Å². The lowest BCUT2D eigenvalue weighted by molar-refractivity contribution is -0.165. The third-order valence-corrected chi connectivity index (χ3v) is 4.44. The summed E-state index contributed by atoms with van der Waals surface area (Å²) in [7, 11) is 0. The van der Waals surface area contributed by atoms with Crippen LogP contribution in [0.1, 0.15) is 106 Å². The zero-order valence-electron chi connectivity index (χ0n) is 23.6. The smallest absolute Gasteiger partial charge is 0.407 e. The molecule has 0 aliphatic carbocycles. The second-order valence-electron chi connectivity index (χ2n) is 10.7. The number of unbranched alkanes of at least 4 members (excludes halogenated alkanes) is 4. The summed E-state index contributed by atoms with van der Waals surface area (Å²) >= 11 is 0. The van der Waals surface area contributed by atoms with Crippen LogP contribution >= 0.6 is 0 Å². The molecule has 0 rings (SSSR count). The maximum atomic E-state index is 11.7. The van der Waals surface area contributed by atoms with Crippen LogP contribution in [0.3, 0.4) is 0 Å². The average Bonchev–Trinajstić information content (AvgIpc) is 2.74. The number of carbonyl (C=O) groups is 6. The normalized spacial score (nSPS) is 11.2. The van der Waals surface area contributed by atoms with Crippen LogP contribution < -0.4 is 10.6 Å². The molecule has 38 heavy (non-hydrogen) atoms. The first kappa shape index (κ1) is 34.8. The van der Waals surface area contributed by atoms with Gasteiger partial charge in [-0.2, -0.15) is 0 Å². The molecule has 0 aliphatic rings. The molecule has 0 atom stereocenters. The number of hydrogen-bond donors (Lipinski definition) is 2. The van der Waals surface area contributed by atoms with E-state index in [-0.39, 0.29) is 25.7 Å². The predicted octanol–water partition coefficient (Wildman–Crippen LogP) is 4.08. The third kappa shape index (κ3) is 23.2. The fraction of sp³-hybridized carbons (Fsp3) is 0.769. The van der Waals surface area contributed by atoms with Crippen molar-refractivity contribution in [3.05, 3.63) is 0 Å². The average molecular weight is 545 g/mol. The SMILES string of the molecule is CC(C)(C)OC(=O)NCCCCCC(=O)OC(=O)CCC(=O)OC(=O)CCCCCNC(=O)OC(C)(C)C. The summed E-state index contributed by atoms with van der Waals surface area (Å²) in [6, 6.07) is 0. The third-order valence-electron chi connectivity index (χ3n) is 4.44. The van der Waals surface area contributed by atoms with Gasteiger partial charge in [0.2, 0.25) is 0 Å². The molecule has 0 unspecified atom stereocenters. The molecule has 0 spiro atoms. The van der Waals surface area contributed by atoms with E-state index < -0.39 is 47.3 Å². The molecule has 12 nitrogen and oxygen atoms in total. The van der Waals surface area contributed by atoms with E-state index >= 15 is 0 Å². The van der Waals surface area contributed by atoms with Gasteiger partial charge >= 0.3 is 36.1 Å². The Bertz CT molecular complexity index is 731. The van der Waals surface area contributed by atoms with Crippen LogP contribution in [0.2, 0.25) is 0 Å². The summed E-state index contributed by atoms with van der Waals surface area (Å²) in [4.78, 5) is 69.9. The van der Waals surface area contributed by atoms with Crippen LogP contribution in [-0.4, -0.2) is 60.4 Å². The molecule has 0 aromatic rings. The molecule has 0 saturated carbocycles. The standard InChI is InChI=1S/C26H44N2O10/c1-25(2,3)37-23(33)27-17-11-7-9-13-19(29)35-21(31)15-16-22(32)36-20(30)14-10-8-12-18-28-24(34)38-26(4,5)6/h7-18H2,1-6H3,(H,27,33)(H,28,34). The van der Waals surface area contributed by atoms with Gasteiger partial charge in [-0.3, -0.25) is 19.2 Å². The first-order valence-corrected chi connectivity index (χ1v) is 13.0. The Hall–Kier alpha value is -3.18. The molecule has 0 fully saturated rings. The zero-order valence-corrected chi connectivity index (χ0v) is 23.6. The van der Waals surface area contributed by atoms with Crippen LogP contribution in [0.5, 0.6) is 0 Å². The van der Waals surface area contributed by atoms with Gasteiger partial charge in [-0.15, -0.1) is 0 Å². The second-order valence-corrected chi connectivity index (χ2v) is 10.7. The lowest BCUT2D eigenvalue weighted by atomic mass is 10.2. The summed E-state index contributed by atoms with van der Waals surface area (Å²) in [5.74, 6) is -3.16. The fourth-order valence-corrected chi connectivity index (χ4v) is 2.81. The van der Waals surface area contributed by atoms with E-state index in [0.717, 1.165) is 0 Å². The van der Waals surface area contributed by atoms with Gasteiger partial charge in [-0.05, 0) is 67.2 Å². The molecule has 0 saturated heterocycles. The topological polar surface area (TPSA) is 163 Å². The van der Waals surface area contributed by atoms with Crippen LogP contribution in [0.15, 0.2) is 0 Å². The van der Waals surface area contributed by atoms with E-state index in [9.17, 15) is 28.8 Å². The minimum absolute atomic E-state index is 0.0222. The van der Waals surface area contributed by atoms with Crippen molar-refractivity contribution in [3.63, 3.8) is 0 Å². The van der Waals surface area contributed by atoms with Crippen molar-refractivity contribution in [2.45, 2.75) is 117 Å². The highest BCUT2D eigenvalue weighted by Crippen LogP contribution is 2.08. The van der Waals surface area contributed by atoms with Crippen molar-refractivity contribution in [1.82, 2.24) is 10.6 Å². The van der Waals surface area contributed by atoms with Crippen LogP contribution in [0.25, 0.3) is 0 Å². The van der Waals surface area contributed by atoms with E-state index in [1.165, 1.54) is 0 Å². The molecule has 0 aromatic carbocycles. The number of amides is 2. The Balaban J connectivity index is 3.80. The number of rotatable bonds is 15. The molecule has 0 radical (unpaired) electrons. The van der Waals surface area contributed by atoms with E-state index in [1.807, 2.05) is 0 Å². The Labute approximate surface area is 224 Å². The molecule has 12 heteroatoms. The highest BCUT2D eigenvalue weighted by atomic mass is 16.6. The molecule has 0 heterocycles. The number of alkyl carbamates (subject to hydrolysis) is 2. The van der Waals surface area contributed by atoms with Gasteiger partial charge in [0.15, 0.2) is 0 Å². The van der Waals surface area contributed by atoms with E-state index in [4.69, 9.17) is 9.47 Å². The molecule has 0 aromatic heterocycles. The van der Waals surface area contributed by atoms with Crippen LogP contribution in [0.4, 0.5) is 9.59 Å². The zero-order chi connectivity index (χ0) is 29.2. The maximum Gasteiger partial charge on any atom is 0.407 e. The summed E-state index contributed by atoms with van der Waals surface area (Å²) in [6.45, 7) is 11.4. The first-order valence-electron chi connectivity index (χ1n) is 13.0. The van der Waals surface area contributed by atoms with E-state index in [2.05, 4.69) is 20.1 Å². The summed E-state index contributed by atoms with van der Waals surface area (Å²) in [6.07, 6.45) is 1.73. The maximum absolute atomic E-state index is 11.7. The summed E-state index contributed by atoms with van der Waals surface area (Å²) in [5, 5.41) is 5.22. The Morgan fingerprint density at radius 3 is 1.11 bits per heavy atom. The van der Waals surface area contributed by atoms with Crippen LogP contribution in [0, 0.1) is 0 Å². The van der Waals surface area contributed by atoms with Crippen molar-refractivity contribution < 1.29 is 47.7 Å². The van der Waals surface area contributed by atoms with Gasteiger partial charge in [-0.25, -0.2) is 9.59 Å². The Morgan fingerprint density at radius 1 is 0.474 bits per heavy atom. The lowest BCUT2D eigenvalue weighted by Gasteiger charge is -2.19.